The number of piperidine rings is 1. The Balaban J connectivity index is 1.46. The molecular weight excluding hydrogens is 381 g/mol. The molecule has 142 valence electrons. The van der Waals surface area contributed by atoms with Crippen LogP contribution in [-0.4, -0.2) is 44.9 Å². The number of rotatable bonds is 3. The smallest absolute Gasteiger partial charge is 0.187 e. The van der Waals surface area contributed by atoms with E-state index in [0.717, 1.165) is 17.4 Å². The van der Waals surface area contributed by atoms with Crippen LogP contribution in [-0.2, 0) is 0 Å². The predicted octanol–water partition coefficient (Wildman–Crippen LogP) is 3.68. The van der Waals surface area contributed by atoms with Gasteiger partial charge in [-0.3, -0.25) is 4.40 Å². The van der Waals surface area contributed by atoms with Crippen LogP contribution in [0.3, 0.4) is 0 Å². The zero-order valence-electron chi connectivity index (χ0n) is 14.8. The van der Waals surface area contributed by atoms with Gasteiger partial charge in [-0.15, -0.1) is 10.2 Å². The molecule has 4 heterocycles. The Hall–Kier alpha value is -2.77. The summed E-state index contributed by atoms with van der Waals surface area (Å²) in [6, 6.07) is 13.0. The number of fused-ring (bicyclic) bond motifs is 2. The maximum Gasteiger partial charge on any atom is 0.187 e. The van der Waals surface area contributed by atoms with E-state index in [0.29, 0.717) is 40.9 Å². The van der Waals surface area contributed by atoms with Crippen LogP contribution in [0.4, 0.5) is 4.39 Å². The van der Waals surface area contributed by atoms with Crippen molar-refractivity contribution in [1.82, 2.24) is 24.9 Å². The number of aromatic nitrogens is 4. The first-order valence-electron chi connectivity index (χ1n) is 9.10. The summed E-state index contributed by atoms with van der Waals surface area (Å²) < 4.78 is 21.7. The molecule has 8 heteroatoms. The zero-order chi connectivity index (χ0) is 19.1. The molecule has 4 aromatic rings. The van der Waals surface area contributed by atoms with Gasteiger partial charge in [0.1, 0.15) is 23.7 Å². The van der Waals surface area contributed by atoms with Gasteiger partial charge < -0.3 is 10.1 Å². The molecular formula is C20H17ClFN5O. The number of halogens is 2. The highest BCUT2D eigenvalue weighted by Crippen LogP contribution is 2.26. The quantitative estimate of drug-likeness (QED) is 0.571. The van der Waals surface area contributed by atoms with Gasteiger partial charge in [0.05, 0.1) is 5.52 Å². The molecule has 0 unspecified atom stereocenters. The molecule has 0 amide bonds. The molecule has 1 aliphatic rings. The molecule has 0 saturated carbocycles. The Bertz CT molecular complexity index is 1160. The normalized spacial score (nSPS) is 19.9. The van der Waals surface area contributed by atoms with Gasteiger partial charge in [-0.2, -0.15) is 0 Å². The highest BCUT2D eigenvalue weighted by atomic mass is 35.5. The third-order valence-corrected chi connectivity index (χ3v) is 5.13. The summed E-state index contributed by atoms with van der Waals surface area (Å²) in [6.07, 6.45) is 1.06. The Morgan fingerprint density at radius 3 is 2.96 bits per heavy atom. The number of pyridine rings is 2. The van der Waals surface area contributed by atoms with E-state index >= 15 is 0 Å². The summed E-state index contributed by atoms with van der Waals surface area (Å²) >= 11 is 6.01. The summed E-state index contributed by atoms with van der Waals surface area (Å²) in [5.74, 6) is 1.29. The topological polar surface area (TPSA) is 64.3 Å². The number of benzene rings is 1. The van der Waals surface area contributed by atoms with Gasteiger partial charge in [-0.05, 0) is 43.3 Å². The summed E-state index contributed by atoms with van der Waals surface area (Å²) in [7, 11) is 0. The van der Waals surface area contributed by atoms with Crippen LogP contribution in [0, 0.1) is 0 Å². The Kier molecular flexibility index (Phi) is 4.33. The van der Waals surface area contributed by atoms with E-state index in [1.165, 1.54) is 0 Å². The number of ether oxygens (including phenoxy) is 1. The molecule has 5 rings (SSSR count). The fraction of sp³-hybridized carbons (Fsp3) is 0.250. The number of nitrogens with zero attached hydrogens (tertiary/aromatic N) is 4. The van der Waals surface area contributed by atoms with Crippen molar-refractivity contribution >= 4 is 28.2 Å². The molecule has 2 atom stereocenters. The molecule has 1 saturated heterocycles. The molecule has 1 N–H and O–H groups in total. The molecule has 6 nitrogen and oxygen atoms in total. The van der Waals surface area contributed by atoms with Crippen molar-refractivity contribution in [3.8, 4) is 17.3 Å². The van der Waals surface area contributed by atoms with E-state index in [1.54, 1.807) is 12.1 Å². The highest BCUT2D eigenvalue weighted by molar-refractivity contribution is 6.30. The van der Waals surface area contributed by atoms with Crippen LogP contribution in [0.5, 0.6) is 5.75 Å². The van der Waals surface area contributed by atoms with Crippen molar-refractivity contribution in [3.05, 3.63) is 53.7 Å². The van der Waals surface area contributed by atoms with Crippen LogP contribution >= 0.6 is 11.6 Å². The van der Waals surface area contributed by atoms with Gasteiger partial charge in [0.25, 0.3) is 0 Å². The minimum absolute atomic E-state index is 0.334. The van der Waals surface area contributed by atoms with Gasteiger partial charge in [0.2, 0.25) is 0 Å². The lowest BCUT2D eigenvalue weighted by Gasteiger charge is -2.27. The van der Waals surface area contributed by atoms with Gasteiger partial charge in [-0.1, -0.05) is 17.7 Å². The Morgan fingerprint density at radius 1 is 1.14 bits per heavy atom. The molecule has 28 heavy (non-hydrogen) atoms. The number of hydrogen-bond acceptors (Lipinski definition) is 5. The molecule has 3 aromatic heterocycles. The molecule has 1 aromatic carbocycles. The van der Waals surface area contributed by atoms with Gasteiger partial charge in [0.15, 0.2) is 11.5 Å². The summed E-state index contributed by atoms with van der Waals surface area (Å²) in [6.45, 7) is 1.10. The summed E-state index contributed by atoms with van der Waals surface area (Å²) in [5, 5.41) is 12.9. The minimum atomic E-state index is -1.00. The lowest BCUT2D eigenvalue weighted by atomic mass is 10.1. The number of hydrogen-bond donors (Lipinski definition) is 1. The lowest BCUT2D eigenvalue weighted by molar-refractivity contribution is 0.0733. The molecule has 0 radical (unpaired) electrons. The average molecular weight is 398 g/mol. The van der Waals surface area contributed by atoms with Crippen LogP contribution < -0.4 is 10.1 Å². The average Bonchev–Trinajstić information content (AvgIpc) is 3.12. The summed E-state index contributed by atoms with van der Waals surface area (Å²) in [4.78, 5) is 4.70. The largest absolute Gasteiger partial charge is 0.487 e. The molecule has 0 aliphatic carbocycles. The number of nitrogens with one attached hydrogen (secondary N) is 1. The molecule has 0 bridgehead atoms. The van der Waals surface area contributed by atoms with E-state index in [1.807, 2.05) is 40.9 Å². The van der Waals surface area contributed by atoms with Crippen molar-refractivity contribution in [2.24, 2.45) is 0 Å². The second-order valence-corrected chi connectivity index (χ2v) is 7.25. The van der Waals surface area contributed by atoms with Crippen LogP contribution in [0.15, 0.2) is 48.7 Å². The van der Waals surface area contributed by atoms with E-state index in [9.17, 15) is 4.39 Å². The van der Waals surface area contributed by atoms with Crippen LogP contribution in [0.2, 0.25) is 5.02 Å². The van der Waals surface area contributed by atoms with Gasteiger partial charge in [-0.25, -0.2) is 9.37 Å². The highest BCUT2D eigenvalue weighted by Gasteiger charge is 2.26. The van der Waals surface area contributed by atoms with Crippen LogP contribution in [0.25, 0.3) is 28.1 Å². The van der Waals surface area contributed by atoms with Gasteiger partial charge in [0, 0.05) is 29.2 Å². The first-order valence-corrected chi connectivity index (χ1v) is 9.48. The predicted molar refractivity (Wildman–Crippen MR) is 106 cm³/mol. The standard InChI is InChI=1S/C20H17ClFN5O/c21-13-6-8-27-19(10-13)25-26-20(27)17-3-1-12-9-14(2-4-16(12)24-17)28-18-5-7-23-11-15(18)22/h1-4,6,8-10,15,18,23H,5,7,11H2/t15-,18-/m0/s1. The van der Waals surface area contributed by atoms with Crippen molar-refractivity contribution in [3.63, 3.8) is 0 Å². The third kappa shape index (κ3) is 3.16. The SMILES string of the molecule is F[C@H]1CNCC[C@@H]1Oc1ccc2nc(-c3nnc4cc(Cl)ccn34)ccc2c1. The monoisotopic (exact) mass is 397 g/mol. The lowest BCUT2D eigenvalue weighted by Crippen LogP contribution is -2.44. The minimum Gasteiger partial charge on any atom is -0.487 e. The van der Waals surface area contributed by atoms with Crippen molar-refractivity contribution in [2.45, 2.75) is 18.7 Å². The Labute approximate surface area is 165 Å². The third-order valence-electron chi connectivity index (χ3n) is 4.90. The van der Waals surface area contributed by atoms with Gasteiger partial charge >= 0.3 is 0 Å². The fourth-order valence-corrected chi connectivity index (χ4v) is 3.60. The van der Waals surface area contributed by atoms with Crippen LogP contribution in [0.1, 0.15) is 6.42 Å². The maximum atomic E-state index is 14.0. The second kappa shape index (κ2) is 7.00. The molecule has 1 fully saturated rings. The molecule has 0 spiro atoms. The van der Waals surface area contributed by atoms with E-state index in [-0.39, 0.29) is 0 Å². The van der Waals surface area contributed by atoms with Crippen molar-refractivity contribution < 1.29 is 9.13 Å². The molecule has 1 aliphatic heterocycles. The first kappa shape index (κ1) is 17.3. The summed E-state index contributed by atoms with van der Waals surface area (Å²) in [5.41, 5.74) is 2.17. The van der Waals surface area contributed by atoms with E-state index in [4.69, 9.17) is 21.3 Å². The first-order chi connectivity index (χ1) is 13.7. The zero-order valence-corrected chi connectivity index (χ0v) is 15.6. The van der Waals surface area contributed by atoms with Crippen molar-refractivity contribution in [2.75, 3.05) is 13.1 Å². The Morgan fingerprint density at radius 2 is 2.07 bits per heavy atom. The van der Waals surface area contributed by atoms with E-state index < -0.39 is 12.3 Å². The fourth-order valence-electron chi connectivity index (χ4n) is 3.45. The van der Waals surface area contributed by atoms with E-state index in [2.05, 4.69) is 15.5 Å². The number of alkyl halides is 1. The van der Waals surface area contributed by atoms with Crippen molar-refractivity contribution in [1.29, 1.82) is 0 Å². The maximum absolute atomic E-state index is 14.0. The second-order valence-electron chi connectivity index (χ2n) is 6.81.